The van der Waals surface area contributed by atoms with Gasteiger partial charge in [0.05, 0.1) is 0 Å². The fourth-order valence-electron chi connectivity index (χ4n) is 3.24. The van der Waals surface area contributed by atoms with Crippen LogP contribution in [-0.2, 0) is 0 Å². The zero-order valence-corrected chi connectivity index (χ0v) is 14.9. The highest BCUT2D eigenvalue weighted by molar-refractivity contribution is 7.80. The van der Waals surface area contributed by atoms with Gasteiger partial charge in [-0.3, -0.25) is 0 Å². The molecule has 0 N–H and O–H groups in total. The molecule has 19 heavy (non-hydrogen) atoms. The molecule has 0 heterocycles. The Morgan fingerprint density at radius 2 is 1.47 bits per heavy atom. The molecular formula is C17H37NS. The van der Waals surface area contributed by atoms with Gasteiger partial charge in [-0.05, 0) is 36.5 Å². The van der Waals surface area contributed by atoms with Crippen LogP contribution in [0.25, 0.3) is 0 Å². The summed E-state index contributed by atoms with van der Waals surface area (Å²) in [4.78, 5) is 2.68. The van der Waals surface area contributed by atoms with Crippen molar-refractivity contribution < 1.29 is 0 Å². The minimum Gasteiger partial charge on any atom is -0.303 e. The molecule has 0 bridgehead atoms. The highest BCUT2D eigenvalue weighted by Crippen LogP contribution is 2.32. The van der Waals surface area contributed by atoms with E-state index in [0.29, 0.717) is 5.41 Å². The lowest BCUT2D eigenvalue weighted by Crippen LogP contribution is -2.41. The molecule has 0 saturated carbocycles. The van der Waals surface area contributed by atoms with Crippen LogP contribution in [0.4, 0.5) is 0 Å². The summed E-state index contributed by atoms with van der Waals surface area (Å²) in [6.45, 7) is 15.3. The zero-order chi connectivity index (χ0) is 14.7. The van der Waals surface area contributed by atoms with Gasteiger partial charge >= 0.3 is 0 Å². The minimum atomic E-state index is 0.439. The SMILES string of the molecule is CCCC(CS)(CCC)CN(CC)CC(CC)CC. The standard InChI is InChI=1S/C17H37NS/c1-6-11-17(15-19,12-7-2)14-18(10-5)13-16(8-3)9-4/h16,19H,6-15H2,1-5H3. The highest BCUT2D eigenvalue weighted by Gasteiger charge is 2.29. The van der Waals surface area contributed by atoms with Crippen molar-refractivity contribution >= 4 is 12.6 Å². The first-order valence-corrected chi connectivity index (χ1v) is 9.07. The maximum Gasteiger partial charge on any atom is 0.00458 e. The highest BCUT2D eigenvalue weighted by atomic mass is 32.1. The van der Waals surface area contributed by atoms with Crippen LogP contribution in [0.15, 0.2) is 0 Å². The molecule has 0 saturated heterocycles. The summed E-state index contributed by atoms with van der Waals surface area (Å²) in [7, 11) is 0. The summed E-state index contributed by atoms with van der Waals surface area (Å²) >= 11 is 4.69. The van der Waals surface area contributed by atoms with Gasteiger partial charge in [-0.2, -0.15) is 12.6 Å². The molecule has 0 aliphatic carbocycles. The molecule has 1 nitrogen and oxygen atoms in total. The van der Waals surface area contributed by atoms with Gasteiger partial charge in [-0.15, -0.1) is 0 Å². The Hall–Kier alpha value is 0.310. The average molecular weight is 288 g/mol. The smallest absolute Gasteiger partial charge is 0.00458 e. The fraction of sp³-hybridized carbons (Fsp3) is 1.00. The lowest BCUT2D eigenvalue weighted by molar-refractivity contribution is 0.132. The third-order valence-electron chi connectivity index (χ3n) is 4.57. The second-order valence-corrected chi connectivity index (χ2v) is 6.48. The second kappa shape index (κ2) is 11.0. The van der Waals surface area contributed by atoms with Gasteiger partial charge in [0.2, 0.25) is 0 Å². The zero-order valence-electron chi connectivity index (χ0n) is 14.0. The Bertz CT molecular complexity index is 195. The van der Waals surface area contributed by atoms with E-state index in [9.17, 15) is 0 Å². The van der Waals surface area contributed by atoms with Crippen molar-refractivity contribution in [2.45, 2.75) is 73.1 Å². The van der Waals surface area contributed by atoms with Crippen molar-refractivity contribution in [1.82, 2.24) is 4.90 Å². The van der Waals surface area contributed by atoms with E-state index in [0.717, 1.165) is 11.7 Å². The van der Waals surface area contributed by atoms with E-state index in [1.165, 1.54) is 58.2 Å². The molecule has 0 aromatic carbocycles. The van der Waals surface area contributed by atoms with Crippen LogP contribution < -0.4 is 0 Å². The van der Waals surface area contributed by atoms with Crippen LogP contribution in [0.1, 0.15) is 73.1 Å². The van der Waals surface area contributed by atoms with Crippen molar-refractivity contribution in [3.63, 3.8) is 0 Å². The van der Waals surface area contributed by atoms with Gasteiger partial charge < -0.3 is 4.90 Å². The van der Waals surface area contributed by atoms with E-state index in [4.69, 9.17) is 12.6 Å². The van der Waals surface area contributed by atoms with E-state index in [-0.39, 0.29) is 0 Å². The molecule has 116 valence electrons. The van der Waals surface area contributed by atoms with Crippen LogP contribution in [0.2, 0.25) is 0 Å². The molecule has 2 heteroatoms. The lowest BCUT2D eigenvalue weighted by atomic mass is 9.80. The predicted molar refractivity (Wildman–Crippen MR) is 92.3 cm³/mol. The van der Waals surface area contributed by atoms with Crippen molar-refractivity contribution in [1.29, 1.82) is 0 Å². The summed E-state index contributed by atoms with van der Waals surface area (Å²) in [5.74, 6) is 1.90. The fourth-order valence-corrected chi connectivity index (χ4v) is 3.66. The largest absolute Gasteiger partial charge is 0.303 e. The van der Waals surface area contributed by atoms with Gasteiger partial charge in [0, 0.05) is 13.1 Å². The molecule has 0 atom stereocenters. The maximum atomic E-state index is 4.69. The summed E-state index contributed by atoms with van der Waals surface area (Å²) in [5.41, 5.74) is 0.439. The summed E-state index contributed by atoms with van der Waals surface area (Å²) in [6, 6.07) is 0. The monoisotopic (exact) mass is 287 g/mol. The van der Waals surface area contributed by atoms with Gasteiger partial charge in [0.15, 0.2) is 0 Å². The molecular weight excluding hydrogens is 250 g/mol. The van der Waals surface area contributed by atoms with Crippen LogP contribution in [0.5, 0.6) is 0 Å². The number of hydrogen-bond acceptors (Lipinski definition) is 2. The first-order valence-electron chi connectivity index (χ1n) is 8.44. The summed E-state index contributed by atoms with van der Waals surface area (Å²) < 4.78 is 0. The molecule has 0 aromatic heterocycles. The molecule has 0 aliphatic heterocycles. The topological polar surface area (TPSA) is 3.24 Å². The van der Waals surface area contributed by atoms with E-state index in [2.05, 4.69) is 39.5 Å². The van der Waals surface area contributed by atoms with Gasteiger partial charge in [0.1, 0.15) is 0 Å². The molecule has 0 aliphatic rings. The molecule has 0 fully saturated rings. The molecule has 0 amide bonds. The molecule has 0 spiro atoms. The molecule has 0 rings (SSSR count). The first-order chi connectivity index (χ1) is 9.11. The number of hydrogen-bond donors (Lipinski definition) is 1. The first kappa shape index (κ1) is 19.3. The minimum absolute atomic E-state index is 0.439. The molecule has 0 unspecified atom stereocenters. The van der Waals surface area contributed by atoms with Crippen LogP contribution in [0, 0.1) is 11.3 Å². The number of thiol groups is 1. The van der Waals surface area contributed by atoms with Gasteiger partial charge in [-0.1, -0.05) is 60.3 Å². The Balaban J connectivity index is 4.66. The Kier molecular flexibility index (Phi) is 11.2. The third-order valence-corrected chi connectivity index (χ3v) is 5.24. The Labute approximate surface area is 127 Å². The Morgan fingerprint density at radius 3 is 1.79 bits per heavy atom. The van der Waals surface area contributed by atoms with Crippen LogP contribution in [0.3, 0.4) is 0 Å². The van der Waals surface area contributed by atoms with E-state index >= 15 is 0 Å². The van der Waals surface area contributed by atoms with Crippen molar-refractivity contribution in [3.8, 4) is 0 Å². The average Bonchev–Trinajstić information content (AvgIpc) is 2.43. The van der Waals surface area contributed by atoms with Gasteiger partial charge in [-0.25, -0.2) is 0 Å². The van der Waals surface area contributed by atoms with Crippen LogP contribution >= 0.6 is 12.6 Å². The predicted octanol–water partition coefficient (Wildman–Crippen LogP) is 5.26. The number of rotatable bonds is 12. The van der Waals surface area contributed by atoms with E-state index in [1.807, 2.05) is 0 Å². The third kappa shape index (κ3) is 7.04. The molecule has 0 radical (unpaired) electrons. The van der Waals surface area contributed by atoms with Gasteiger partial charge in [0.25, 0.3) is 0 Å². The lowest BCUT2D eigenvalue weighted by Gasteiger charge is -2.38. The summed E-state index contributed by atoms with van der Waals surface area (Å²) in [6.07, 6.45) is 7.82. The maximum absolute atomic E-state index is 4.69. The van der Waals surface area contributed by atoms with Crippen molar-refractivity contribution in [2.75, 3.05) is 25.4 Å². The second-order valence-electron chi connectivity index (χ2n) is 6.17. The van der Waals surface area contributed by atoms with Crippen molar-refractivity contribution in [2.24, 2.45) is 11.3 Å². The quantitative estimate of drug-likeness (QED) is 0.479. The van der Waals surface area contributed by atoms with Crippen LogP contribution in [-0.4, -0.2) is 30.3 Å². The van der Waals surface area contributed by atoms with E-state index in [1.54, 1.807) is 0 Å². The summed E-state index contributed by atoms with van der Waals surface area (Å²) in [5, 5.41) is 0. The normalized spacial score (nSPS) is 12.6. The molecule has 0 aromatic rings. The van der Waals surface area contributed by atoms with Crippen molar-refractivity contribution in [3.05, 3.63) is 0 Å². The Morgan fingerprint density at radius 1 is 0.947 bits per heavy atom. The van der Waals surface area contributed by atoms with E-state index < -0.39 is 0 Å². The number of nitrogens with zero attached hydrogens (tertiary/aromatic N) is 1.